The van der Waals surface area contributed by atoms with E-state index in [1.54, 1.807) is 6.20 Å². The van der Waals surface area contributed by atoms with E-state index in [0.717, 1.165) is 22.0 Å². The van der Waals surface area contributed by atoms with Crippen molar-refractivity contribution in [2.75, 3.05) is 0 Å². The molecule has 6 heteroatoms. The van der Waals surface area contributed by atoms with Gasteiger partial charge in [-0.05, 0) is 50.6 Å². The number of carbonyl (C=O) groups excluding carboxylic acids is 1. The largest absolute Gasteiger partial charge is 0.491 e. The molecule has 0 aliphatic carbocycles. The Morgan fingerprint density at radius 2 is 1.96 bits per heavy atom. The number of ether oxygens (including phenoxy) is 1. The quantitative estimate of drug-likeness (QED) is 0.708. The molecule has 3 aromatic rings. The Morgan fingerprint density at radius 3 is 2.62 bits per heavy atom. The first-order valence-electron chi connectivity index (χ1n) is 8.45. The molecular weight excluding hydrogens is 346 g/mol. The average molecular weight is 367 g/mol. The van der Waals surface area contributed by atoms with Gasteiger partial charge in [0.25, 0.3) is 5.91 Å². The Hall–Kier alpha value is -2.73. The van der Waals surface area contributed by atoms with Crippen molar-refractivity contribution in [1.82, 2.24) is 15.3 Å². The maximum Gasteiger partial charge on any atom is 0.263 e. The van der Waals surface area contributed by atoms with Crippen LogP contribution in [0.25, 0.3) is 10.7 Å². The molecule has 0 bridgehead atoms. The number of carbonyl (C=O) groups is 1. The van der Waals surface area contributed by atoms with Crippen LogP contribution in [0.3, 0.4) is 0 Å². The molecular formula is C20H21N3O2S. The molecule has 26 heavy (non-hydrogen) atoms. The molecule has 134 valence electrons. The number of aromatic nitrogens is 2. The molecule has 0 radical (unpaired) electrons. The van der Waals surface area contributed by atoms with Gasteiger partial charge in [0.1, 0.15) is 15.6 Å². The van der Waals surface area contributed by atoms with Crippen molar-refractivity contribution < 1.29 is 9.53 Å². The van der Waals surface area contributed by atoms with Gasteiger partial charge in [0.2, 0.25) is 0 Å². The number of nitrogens with zero attached hydrogens (tertiary/aromatic N) is 2. The van der Waals surface area contributed by atoms with E-state index >= 15 is 0 Å². The number of aryl methyl sites for hydroxylation is 1. The van der Waals surface area contributed by atoms with Crippen LogP contribution in [0.1, 0.15) is 34.8 Å². The van der Waals surface area contributed by atoms with Crippen molar-refractivity contribution in [2.24, 2.45) is 0 Å². The number of hydrogen-bond donors (Lipinski definition) is 1. The third-order valence-corrected chi connectivity index (χ3v) is 4.81. The molecule has 0 unspecified atom stereocenters. The smallest absolute Gasteiger partial charge is 0.263 e. The van der Waals surface area contributed by atoms with Crippen molar-refractivity contribution in [2.45, 2.75) is 33.4 Å². The van der Waals surface area contributed by atoms with Gasteiger partial charge in [-0.2, -0.15) is 0 Å². The monoisotopic (exact) mass is 367 g/mol. The molecule has 0 saturated carbocycles. The third kappa shape index (κ3) is 4.46. The molecule has 2 heterocycles. The number of amides is 1. The molecule has 0 aliphatic rings. The zero-order valence-corrected chi connectivity index (χ0v) is 15.8. The average Bonchev–Trinajstić information content (AvgIpc) is 3.03. The summed E-state index contributed by atoms with van der Waals surface area (Å²) in [5.74, 6) is 0.707. The fraction of sp³-hybridized carbons (Fsp3) is 0.250. The predicted molar refractivity (Wildman–Crippen MR) is 103 cm³/mol. The minimum Gasteiger partial charge on any atom is -0.491 e. The second-order valence-corrected chi connectivity index (χ2v) is 7.14. The second kappa shape index (κ2) is 8.10. The number of benzene rings is 1. The summed E-state index contributed by atoms with van der Waals surface area (Å²) in [7, 11) is 0. The van der Waals surface area contributed by atoms with Gasteiger partial charge < -0.3 is 10.1 Å². The minimum absolute atomic E-state index is 0.121. The highest BCUT2D eigenvalue weighted by Gasteiger charge is 2.16. The first kappa shape index (κ1) is 18.1. The Bertz CT molecular complexity index is 874. The van der Waals surface area contributed by atoms with Crippen LogP contribution in [-0.4, -0.2) is 22.0 Å². The topological polar surface area (TPSA) is 64.1 Å². The van der Waals surface area contributed by atoms with E-state index in [4.69, 9.17) is 4.74 Å². The van der Waals surface area contributed by atoms with Crippen LogP contribution in [0.5, 0.6) is 5.75 Å². The van der Waals surface area contributed by atoms with Crippen LogP contribution in [0.2, 0.25) is 0 Å². The first-order valence-corrected chi connectivity index (χ1v) is 9.27. The standard InChI is InChI=1S/C20H21N3O2S/c1-13(2)25-16-9-7-15(8-10-16)12-22-19(24)18-14(3)23-20(26-18)17-6-4-5-11-21-17/h4-11,13H,12H2,1-3H3,(H,22,24). The van der Waals surface area contributed by atoms with E-state index in [1.165, 1.54) is 11.3 Å². The summed E-state index contributed by atoms with van der Waals surface area (Å²) in [6, 6.07) is 13.4. The maximum atomic E-state index is 12.5. The van der Waals surface area contributed by atoms with E-state index in [0.29, 0.717) is 17.1 Å². The van der Waals surface area contributed by atoms with Gasteiger partial charge in [0.05, 0.1) is 17.5 Å². The van der Waals surface area contributed by atoms with Crippen molar-refractivity contribution in [1.29, 1.82) is 0 Å². The van der Waals surface area contributed by atoms with Crippen molar-refractivity contribution in [3.05, 3.63) is 64.8 Å². The van der Waals surface area contributed by atoms with Gasteiger partial charge in [-0.25, -0.2) is 4.98 Å². The lowest BCUT2D eigenvalue weighted by atomic mass is 10.2. The summed E-state index contributed by atoms with van der Waals surface area (Å²) in [5, 5.41) is 3.70. The molecule has 0 spiro atoms. The Kier molecular flexibility index (Phi) is 5.63. The fourth-order valence-corrected chi connectivity index (χ4v) is 3.39. The molecule has 1 amide bonds. The summed E-state index contributed by atoms with van der Waals surface area (Å²) >= 11 is 1.36. The number of pyridine rings is 1. The van der Waals surface area contributed by atoms with Gasteiger partial charge in [-0.3, -0.25) is 9.78 Å². The molecule has 5 nitrogen and oxygen atoms in total. The first-order chi connectivity index (χ1) is 12.5. The van der Waals surface area contributed by atoms with Crippen molar-refractivity contribution >= 4 is 17.2 Å². The Morgan fingerprint density at radius 1 is 1.19 bits per heavy atom. The Balaban J connectivity index is 1.64. The highest BCUT2D eigenvalue weighted by Crippen LogP contribution is 2.26. The summed E-state index contributed by atoms with van der Waals surface area (Å²) < 4.78 is 5.62. The zero-order valence-electron chi connectivity index (χ0n) is 15.0. The lowest BCUT2D eigenvalue weighted by Gasteiger charge is -2.10. The van der Waals surface area contributed by atoms with Crippen molar-refractivity contribution in [3.8, 4) is 16.5 Å². The summed E-state index contributed by atoms with van der Waals surface area (Å²) in [5.41, 5.74) is 2.51. The predicted octanol–water partition coefficient (Wildman–Crippen LogP) is 4.23. The highest BCUT2D eigenvalue weighted by molar-refractivity contribution is 7.17. The molecule has 0 saturated heterocycles. The lowest BCUT2D eigenvalue weighted by Crippen LogP contribution is -2.22. The van der Waals surface area contributed by atoms with Crippen LogP contribution in [-0.2, 0) is 6.54 Å². The van der Waals surface area contributed by atoms with Crippen LogP contribution in [0.4, 0.5) is 0 Å². The van der Waals surface area contributed by atoms with E-state index in [1.807, 2.05) is 63.2 Å². The van der Waals surface area contributed by atoms with Gasteiger partial charge in [-0.1, -0.05) is 18.2 Å². The van der Waals surface area contributed by atoms with E-state index < -0.39 is 0 Å². The van der Waals surface area contributed by atoms with Gasteiger partial charge in [0, 0.05) is 12.7 Å². The molecule has 0 aliphatic heterocycles. The molecule has 2 aromatic heterocycles. The van der Waals surface area contributed by atoms with Gasteiger partial charge in [-0.15, -0.1) is 11.3 Å². The molecule has 0 fully saturated rings. The van der Waals surface area contributed by atoms with E-state index in [9.17, 15) is 4.79 Å². The molecule has 1 aromatic carbocycles. The molecule has 1 N–H and O–H groups in total. The van der Waals surface area contributed by atoms with Gasteiger partial charge in [0.15, 0.2) is 0 Å². The SMILES string of the molecule is Cc1nc(-c2ccccn2)sc1C(=O)NCc1ccc(OC(C)C)cc1. The maximum absolute atomic E-state index is 12.5. The van der Waals surface area contributed by atoms with Crippen LogP contribution in [0.15, 0.2) is 48.7 Å². The van der Waals surface area contributed by atoms with Crippen LogP contribution >= 0.6 is 11.3 Å². The number of hydrogen-bond acceptors (Lipinski definition) is 5. The van der Waals surface area contributed by atoms with Crippen LogP contribution in [0, 0.1) is 6.92 Å². The fourth-order valence-electron chi connectivity index (χ4n) is 2.43. The normalized spacial score (nSPS) is 10.8. The summed E-state index contributed by atoms with van der Waals surface area (Å²) in [6.45, 7) is 6.28. The second-order valence-electron chi connectivity index (χ2n) is 6.14. The zero-order chi connectivity index (χ0) is 18.5. The number of rotatable bonds is 6. The summed E-state index contributed by atoms with van der Waals surface area (Å²) in [6.07, 6.45) is 1.86. The third-order valence-electron chi connectivity index (χ3n) is 3.64. The van der Waals surface area contributed by atoms with Gasteiger partial charge >= 0.3 is 0 Å². The summed E-state index contributed by atoms with van der Waals surface area (Å²) in [4.78, 5) is 21.9. The highest BCUT2D eigenvalue weighted by atomic mass is 32.1. The van der Waals surface area contributed by atoms with Crippen LogP contribution < -0.4 is 10.1 Å². The van der Waals surface area contributed by atoms with E-state index in [2.05, 4.69) is 15.3 Å². The minimum atomic E-state index is -0.121. The number of thiazole rings is 1. The lowest BCUT2D eigenvalue weighted by molar-refractivity contribution is 0.0954. The molecule has 0 atom stereocenters. The van der Waals surface area contributed by atoms with E-state index in [-0.39, 0.29) is 12.0 Å². The Labute approximate surface area is 157 Å². The molecule has 3 rings (SSSR count). The number of nitrogens with one attached hydrogen (secondary N) is 1. The van der Waals surface area contributed by atoms with Crippen molar-refractivity contribution in [3.63, 3.8) is 0 Å².